The fourth-order valence-electron chi connectivity index (χ4n) is 4.28. The van der Waals surface area contributed by atoms with Gasteiger partial charge < -0.3 is 10.6 Å². The van der Waals surface area contributed by atoms with Gasteiger partial charge in [0.25, 0.3) is 0 Å². The summed E-state index contributed by atoms with van der Waals surface area (Å²) in [6, 6.07) is 11.2. The molecule has 28 heavy (non-hydrogen) atoms. The highest BCUT2D eigenvalue weighted by molar-refractivity contribution is 6.09. The quantitative estimate of drug-likeness (QED) is 0.611. The van der Waals surface area contributed by atoms with Gasteiger partial charge in [0.05, 0.1) is 23.5 Å². The molecule has 0 amide bonds. The van der Waals surface area contributed by atoms with E-state index in [0.29, 0.717) is 6.54 Å². The fraction of sp³-hybridized carbons (Fsp3) is 0.435. The summed E-state index contributed by atoms with van der Waals surface area (Å²) in [6.45, 7) is 4.78. The van der Waals surface area contributed by atoms with E-state index in [4.69, 9.17) is 4.99 Å². The van der Waals surface area contributed by atoms with Gasteiger partial charge in [-0.2, -0.15) is 0 Å². The van der Waals surface area contributed by atoms with E-state index in [1.54, 1.807) is 12.1 Å². The molecule has 1 fully saturated rings. The summed E-state index contributed by atoms with van der Waals surface area (Å²) in [4.78, 5) is 4.94. The number of hydrogen-bond acceptors (Lipinski definition) is 2. The minimum Gasteiger partial charge on any atom is -0.371 e. The van der Waals surface area contributed by atoms with Crippen molar-refractivity contribution in [3.05, 3.63) is 58.9 Å². The minimum atomic E-state index is -0.206. The molecule has 3 nitrogen and oxygen atoms in total. The van der Waals surface area contributed by atoms with E-state index in [-0.39, 0.29) is 23.8 Å². The van der Waals surface area contributed by atoms with Crippen LogP contribution < -0.4 is 10.6 Å². The van der Waals surface area contributed by atoms with Crippen LogP contribution in [-0.2, 0) is 6.54 Å². The summed E-state index contributed by atoms with van der Waals surface area (Å²) >= 11 is 0. The number of nitrogens with zero attached hydrogens (tertiary/aromatic N) is 1. The SMILES string of the molecule is Cc1cc2c(cc1C)NC1(CCCCCC1)C(=NCc1cccc(F)c1)N2.Cl. The summed E-state index contributed by atoms with van der Waals surface area (Å²) in [7, 11) is 0. The summed E-state index contributed by atoms with van der Waals surface area (Å²) in [5, 5.41) is 7.48. The van der Waals surface area contributed by atoms with Crippen LogP contribution >= 0.6 is 12.4 Å². The molecule has 0 unspecified atom stereocenters. The lowest BCUT2D eigenvalue weighted by Crippen LogP contribution is -2.52. The molecule has 0 atom stereocenters. The zero-order valence-corrected chi connectivity index (χ0v) is 17.5. The Morgan fingerprint density at radius 1 is 0.964 bits per heavy atom. The number of benzene rings is 2. The van der Waals surface area contributed by atoms with Crippen molar-refractivity contribution in [2.45, 2.75) is 64.5 Å². The Morgan fingerprint density at radius 3 is 2.32 bits per heavy atom. The summed E-state index contributed by atoms with van der Waals surface area (Å²) < 4.78 is 13.5. The second-order valence-electron chi connectivity index (χ2n) is 8.02. The third-order valence-electron chi connectivity index (χ3n) is 5.98. The largest absolute Gasteiger partial charge is 0.371 e. The van der Waals surface area contributed by atoms with Crippen molar-refractivity contribution in [3.8, 4) is 0 Å². The van der Waals surface area contributed by atoms with Gasteiger partial charge in [-0.15, -0.1) is 12.4 Å². The number of aryl methyl sites for hydroxylation is 2. The number of rotatable bonds is 2. The van der Waals surface area contributed by atoms with Crippen molar-refractivity contribution < 1.29 is 4.39 Å². The van der Waals surface area contributed by atoms with Crippen LogP contribution in [-0.4, -0.2) is 11.4 Å². The van der Waals surface area contributed by atoms with E-state index in [2.05, 4.69) is 36.6 Å². The van der Waals surface area contributed by atoms with Crippen LogP contribution in [0.4, 0.5) is 15.8 Å². The van der Waals surface area contributed by atoms with E-state index >= 15 is 0 Å². The molecular formula is C23H29ClFN3. The lowest BCUT2D eigenvalue weighted by Gasteiger charge is -2.41. The van der Waals surface area contributed by atoms with E-state index in [1.807, 2.05) is 6.07 Å². The number of hydrogen-bond donors (Lipinski definition) is 2. The van der Waals surface area contributed by atoms with E-state index in [1.165, 1.54) is 48.6 Å². The van der Waals surface area contributed by atoms with Gasteiger partial charge in [-0.1, -0.05) is 37.8 Å². The summed E-state index contributed by atoms with van der Waals surface area (Å²) in [5.74, 6) is 0.799. The molecule has 2 aromatic rings. The van der Waals surface area contributed by atoms with Gasteiger partial charge in [0, 0.05) is 0 Å². The lowest BCUT2D eigenvalue weighted by atomic mass is 9.85. The molecule has 0 saturated heterocycles. The summed E-state index contributed by atoms with van der Waals surface area (Å²) in [6.07, 6.45) is 7.12. The van der Waals surface area contributed by atoms with Crippen LogP contribution in [0.25, 0.3) is 0 Å². The Kier molecular flexibility index (Phi) is 6.29. The fourth-order valence-corrected chi connectivity index (χ4v) is 4.28. The molecule has 0 radical (unpaired) electrons. The Morgan fingerprint density at radius 2 is 1.64 bits per heavy atom. The molecule has 1 saturated carbocycles. The van der Waals surface area contributed by atoms with Crippen LogP contribution in [0.2, 0.25) is 0 Å². The molecule has 1 heterocycles. The number of anilines is 2. The van der Waals surface area contributed by atoms with Gasteiger partial charge in [0.15, 0.2) is 0 Å². The molecule has 150 valence electrons. The van der Waals surface area contributed by atoms with Crippen molar-refractivity contribution in [1.29, 1.82) is 0 Å². The molecule has 5 heteroatoms. The lowest BCUT2D eigenvalue weighted by molar-refractivity contribution is 0.524. The average Bonchev–Trinajstić information content (AvgIpc) is 2.88. The van der Waals surface area contributed by atoms with Gasteiger partial charge in [-0.05, 0) is 67.6 Å². The second-order valence-corrected chi connectivity index (χ2v) is 8.02. The zero-order chi connectivity index (χ0) is 18.9. The monoisotopic (exact) mass is 401 g/mol. The standard InChI is InChI=1S/C23H28FN3.ClH/c1-16-12-20-21(13-17(16)2)27-23(10-5-3-4-6-11-23)22(26-20)25-15-18-8-7-9-19(24)14-18;/h7-9,12-14,27H,3-6,10-11,15H2,1-2H3,(H,25,26);1H. The first-order chi connectivity index (χ1) is 13.1. The van der Waals surface area contributed by atoms with Crippen molar-refractivity contribution in [2.24, 2.45) is 4.99 Å². The van der Waals surface area contributed by atoms with Gasteiger partial charge in [0.1, 0.15) is 11.7 Å². The maximum absolute atomic E-state index is 13.5. The van der Waals surface area contributed by atoms with E-state index in [9.17, 15) is 4.39 Å². The topological polar surface area (TPSA) is 36.4 Å². The van der Waals surface area contributed by atoms with Crippen LogP contribution in [0.1, 0.15) is 55.2 Å². The highest BCUT2D eigenvalue weighted by atomic mass is 35.5. The van der Waals surface area contributed by atoms with Gasteiger partial charge in [0.2, 0.25) is 0 Å². The number of halogens is 2. The Bertz CT molecular complexity index is 870. The molecule has 1 aliphatic heterocycles. The first-order valence-corrected chi connectivity index (χ1v) is 10.0. The van der Waals surface area contributed by atoms with E-state index < -0.39 is 0 Å². The highest BCUT2D eigenvalue weighted by Gasteiger charge is 2.40. The van der Waals surface area contributed by atoms with Crippen LogP contribution in [0.5, 0.6) is 0 Å². The molecule has 2 aliphatic rings. The normalized spacial score (nSPS) is 19.2. The Hall–Kier alpha value is -2.07. The molecule has 2 N–H and O–H groups in total. The van der Waals surface area contributed by atoms with Crippen LogP contribution in [0, 0.1) is 19.7 Å². The summed E-state index contributed by atoms with van der Waals surface area (Å²) in [5.41, 5.74) is 5.59. The molecule has 4 rings (SSSR count). The molecule has 0 bridgehead atoms. The highest BCUT2D eigenvalue weighted by Crippen LogP contribution is 2.40. The van der Waals surface area contributed by atoms with Gasteiger partial charge in [-0.3, -0.25) is 4.99 Å². The van der Waals surface area contributed by atoms with Crippen molar-refractivity contribution in [3.63, 3.8) is 0 Å². The van der Waals surface area contributed by atoms with Crippen LogP contribution in [0.15, 0.2) is 41.4 Å². The molecule has 1 spiro atoms. The third kappa shape index (κ3) is 4.17. The number of amidine groups is 1. The first-order valence-electron chi connectivity index (χ1n) is 10.0. The predicted molar refractivity (Wildman–Crippen MR) is 118 cm³/mol. The average molecular weight is 402 g/mol. The predicted octanol–water partition coefficient (Wildman–Crippen LogP) is 6.39. The first kappa shape index (κ1) is 20.7. The smallest absolute Gasteiger partial charge is 0.127 e. The number of fused-ring (bicyclic) bond motifs is 1. The van der Waals surface area contributed by atoms with Gasteiger partial charge in [-0.25, -0.2) is 4.39 Å². The minimum absolute atomic E-state index is 0. The third-order valence-corrected chi connectivity index (χ3v) is 5.98. The van der Waals surface area contributed by atoms with Crippen molar-refractivity contribution in [2.75, 3.05) is 10.6 Å². The van der Waals surface area contributed by atoms with Crippen molar-refractivity contribution >= 4 is 29.6 Å². The molecule has 1 aliphatic carbocycles. The van der Waals surface area contributed by atoms with E-state index in [0.717, 1.165) is 29.9 Å². The molecule has 2 aromatic carbocycles. The second kappa shape index (κ2) is 8.52. The van der Waals surface area contributed by atoms with Crippen molar-refractivity contribution in [1.82, 2.24) is 0 Å². The maximum atomic E-state index is 13.5. The Labute approximate surface area is 173 Å². The molecule has 0 aromatic heterocycles. The van der Waals surface area contributed by atoms with Crippen LogP contribution in [0.3, 0.4) is 0 Å². The Balaban J connectivity index is 0.00000225. The molecular weight excluding hydrogens is 373 g/mol. The number of nitrogens with one attached hydrogen (secondary N) is 2. The zero-order valence-electron chi connectivity index (χ0n) is 16.6. The maximum Gasteiger partial charge on any atom is 0.127 e. The number of aliphatic imine (C=N–C) groups is 1. The van der Waals surface area contributed by atoms with Gasteiger partial charge >= 0.3 is 0 Å².